The molecular formula is C24H21ClN2O6S. The number of nitrogens with zero attached hydrogens (tertiary/aromatic N) is 2. The Morgan fingerprint density at radius 1 is 0.971 bits per heavy atom. The van der Waals surface area contributed by atoms with Crippen molar-refractivity contribution in [1.82, 2.24) is 0 Å². The van der Waals surface area contributed by atoms with E-state index in [1.165, 1.54) is 26.4 Å². The number of hydrogen-bond donors (Lipinski definition) is 0. The van der Waals surface area contributed by atoms with E-state index in [4.69, 9.17) is 25.8 Å². The Morgan fingerprint density at radius 2 is 1.68 bits per heavy atom. The first-order valence-electron chi connectivity index (χ1n) is 10.2. The van der Waals surface area contributed by atoms with Crippen molar-refractivity contribution in [2.24, 2.45) is 4.40 Å². The lowest BCUT2D eigenvalue weighted by Gasteiger charge is -2.25. The number of amidine groups is 1. The largest absolute Gasteiger partial charge is 0.493 e. The summed E-state index contributed by atoms with van der Waals surface area (Å²) in [4.78, 5) is 14.4. The third-order valence-corrected chi connectivity index (χ3v) is 6.82. The first-order chi connectivity index (χ1) is 16.4. The fraction of sp³-hybridized carbons (Fsp3) is 0.167. The number of sulfonamides is 1. The van der Waals surface area contributed by atoms with Crippen LogP contribution in [0.4, 0.5) is 5.69 Å². The minimum absolute atomic E-state index is 0.0559. The van der Waals surface area contributed by atoms with E-state index < -0.39 is 16.0 Å². The summed E-state index contributed by atoms with van der Waals surface area (Å²) in [5.41, 5.74) is 1.28. The van der Waals surface area contributed by atoms with E-state index in [1.807, 2.05) is 0 Å². The first-order valence-corrected chi connectivity index (χ1v) is 12.0. The van der Waals surface area contributed by atoms with Crippen LogP contribution < -0.4 is 14.4 Å². The molecule has 1 heterocycles. The Morgan fingerprint density at radius 3 is 2.41 bits per heavy atom. The zero-order chi connectivity index (χ0) is 24.3. The predicted molar refractivity (Wildman–Crippen MR) is 129 cm³/mol. The van der Waals surface area contributed by atoms with Gasteiger partial charge in [0, 0.05) is 5.56 Å². The minimum atomic E-state index is -3.85. The molecule has 0 fully saturated rings. The molecule has 0 N–H and O–H groups in total. The van der Waals surface area contributed by atoms with Crippen LogP contribution in [0.1, 0.15) is 15.9 Å². The van der Waals surface area contributed by atoms with Gasteiger partial charge in [0.2, 0.25) is 0 Å². The van der Waals surface area contributed by atoms with E-state index in [-0.39, 0.29) is 29.4 Å². The summed E-state index contributed by atoms with van der Waals surface area (Å²) in [6.07, 6.45) is 0. The van der Waals surface area contributed by atoms with Crippen LogP contribution in [0.3, 0.4) is 0 Å². The normalized spacial score (nSPS) is 13.6. The number of halogens is 1. The molecule has 0 saturated heterocycles. The highest BCUT2D eigenvalue weighted by atomic mass is 35.5. The molecule has 176 valence electrons. The van der Waals surface area contributed by atoms with Gasteiger partial charge in [0.25, 0.3) is 10.0 Å². The van der Waals surface area contributed by atoms with E-state index >= 15 is 0 Å². The molecule has 8 nitrogen and oxygen atoms in total. The van der Waals surface area contributed by atoms with Crippen LogP contribution in [-0.2, 0) is 14.8 Å². The van der Waals surface area contributed by atoms with Gasteiger partial charge in [-0.25, -0.2) is 4.79 Å². The van der Waals surface area contributed by atoms with Gasteiger partial charge in [0.15, 0.2) is 17.3 Å². The van der Waals surface area contributed by atoms with Gasteiger partial charge in [-0.1, -0.05) is 35.9 Å². The Labute approximate surface area is 202 Å². The van der Waals surface area contributed by atoms with Crippen LogP contribution >= 0.6 is 11.6 Å². The molecule has 0 spiro atoms. The van der Waals surface area contributed by atoms with Gasteiger partial charge in [-0.05, 0) is 42.5 Å². The summed E-state index contributed by atoms with van der Waals surface area (Å²) < 4.78 is 45.1. The molecule has 34 heavy (non-hydrogen) atoms. The molecule has 3 aromatic carbocycles. The van der Waals surface area contributed by atoms with Crippen molar-refractivity contribution in [3.8, 4) is 11.5 Å². The second-order valence-electron chi connectivity index (χ2n) is 7.19. The third-order valence-electron chi connectivity index (χ3n) is 5.18. The Bertz CT molecular complexity index is 1370. The average Bonchev–Trinajstić information content (AvgIpc) is 3.12. The number of anilines is 1. The van der Waals surface area contributed by atoms with Gasteiger partial charge >= 0.3 is 5.97 Å². The van der Waals surface area contributed by atoms with Gasteiger partial charge in [-0.2, -0.15) is 8.42 Å². The molecule has 0 bridgehead atoms. The number of esters is 1. The van der Waals surface area contributed by atoms with Gasteiger partial charge in [0.05, 0.1) is 37.0 Å². The molecule has 3 aromatic rings. The van der Waals surface area contributed by atoms with Crippen LogP contribution in [0.15, 0.2) is 76.0 Å². The highest BCUT2D eigenvalue weighted by Gasteiger charge is 2.32. The lowest BCUT2D eigenvalue weighted by Crippen LogP contribution is -2.34. The molecule has 1 aliphatic rings. The van der Waals surface area contributed by atoms with Crippen molar-refractivity contribution >= 4 is 39.1 Å². The summed E-state index contributed by atoms with van der Waals surface area (Å²) in [5.74, 6) is 0.534. The van der Waals surface area contributed by atoms with Crippen LogP contribution in [0, 0.1) is 0 Å². The summed E-state index contributed by atoms with van der Waals surface area (Å²) in [7, 11) is -0.872. The summed E-state index contributed by atoms with van der Waals surface area (Å²) in [6, 6.07) is 18.2. The van der Waals surface area contributed by atoms with Crippen molar-refractivity contribution in [3.05, 3.63) is 82.9 Å². The minimum Gasteiger partial charge on any atom is -0.493 e. The summed E-state index contributed by atoms with van der Waals surface area (Å²) in [6.45, 7) is 0.0606. The standard InChI is InChI=1S/C24H21ClN2O6S/c1-31-20-12-11-16(15-21(20)32-2)24(28)33-14-13-27(19-9-5-4-8-18(19)25)23-17-7-3-6-10-22(17)34(29,30)26-23/h3-12,15H,13-14H2,1-2H3. The molecule has 0 atom stereocenters. The molecule has 4 rings (SSSR count). The number of carbonyl (C=O) groups excluding carboxylic acids is 1. The van der Waals surface area contributed by atoms with Gasteiger partial charge < -0.3 is 19.1 Å². The van der Waals surface area contributed by atoms with Crippen LogP contribution in [-0.4, -0.2) is 47.6 Å². The highest BCUT2D eigenvalue weighted by Crippen LogP contribution is 2.33. The lowest BCUT2D eigenvalue weighted by atomic mass is 10.1. The van der Waals surface area contributed by atoms with Gasteiger partial charge in [0.1, 0.15) is 11.5 Å². The molecular weight excluding hydrogens is 480 g/mol. The number of rotatable bonds is 7. The van der Waals surface area contributed by atoms with Crippen molar-refractivity contribution in [2.75, 3.05) is 32.3 Å². The fourth-order valence-corrected chi connectivity index (χ4v) is 5.02. The number of ether oxygens (including phenoxy) is 3. The summed E-state index contributed by atoms with van der Waals surface area (Å²) >= 11 is 6.42. The maximum Gasteiger partial charge on any atom is 0.338 e. The first kappa shape index (κ1) is 23.6. The Balaban J connectivity index is 1.59. The molecule has 10 heteroatoms. The third kappa shape index (κ3) is 4.57. The molecule has 0 radical (unpaired) electrons. The summed E-state index contributed by atoms with van der Waals surface area (Å²) in [5, 5.41) is 0.401. The SMILES string of the molecule is COc1ccc(C(=O)OCCN(C2=NS(=O)(=O)c3ccccc32)c2ccccc2Cl)cc1OC. The van der Waals surface area contributed by atoms with E-state index in [2.05, 4.69) is 4.40 Å². The zero-order valence-corrected chi connectivity index (χ0v) is 20.0. The van der Waals surface area contributed by atoms with E-state index in [9.17, 15) is 13.2 Å². The second-order valence-corrected chi connectivity index (χ2v) is 9.17. The lowest BCUT2D eigenvalue weighted by molar-refractivity contribution is 0.0517. The monoisotopic (exact) mass is 500 g/mol. The van der Waals surface area contributed by atoms with Gasteiger partial charge in [-0.15, -0.1) is 4.40 Å². The van der Waals surface area contributed by atoms with Crippen molar-refractivity contribution < 1.29 is 27.4 Å². The Hall–Kier alpha value is -3.56. The molecule has 0 saturated carbocycles. The van der Waals surface area contributed by atoms with Crippen LogP contribution in [0.25, 0.3) is 0 Å². The number of para-hydroxylation sites is 1. The topological polar surface area (TPSA) is 94.5 Å². The van der Waals surface area contributed by atoms with Crippen molar-refractivity contribution in [1.29, 1.82) is 0 Å². The number of fused-ring (bicyclic) bond motifs is 1. The van der Waals surface area contributed by atoms with E-state index in [0.717, 1.165) is 0 Å². The van der Waals surface area contributed by atoms with E-state index in [1.54, 1.807) is 59.5 Å². The smallest absolute Gasteiger partial charge is 0.338 e. The quantitative estimate of drug-likeness (QED) is 0.449. The number of methoxy groups -OCH3 is 2. The fourth-order valence-electron chi connectivity index (χ4n) is 3.57. The van der Waals surface area contributed by atoms with E-state index in [0.29, 0.717) is 27.8 Å². The highest BCUT2D eigenvalue weighted by molar-refractivity contribution is 7.90. The number of benzene rings is 3. The molecule has 0 amide bonds. The van der Waals surface area contributed by atoms with Crippen LogP contribution in [0.5, 0.6) is 11.5 Å². The molecule has 0 unspecified atom stereocenters. The molecule has 1 aliphatic heterocycles. The van der Waals surface area contributed by atoms with Crippen molar-refractivity contribution in [2.45, 2.75) is 4.90 Å². The predicted octanol–water partition coefficient (Wildman–Crippen LogP) is 4.17. The maximum absolute atomic E-state index is 12.6. The zero-order valence-electron chi connectivity index (χ0n) is 18.4. The second kappa shape index (κ2) is 9.74. The average molecular weight is 501 g/mol. The van der Waals surface area contributed by atoms with Gasteiger partial charge in [-0.3, -0.25) is 0 Å². The number of carbonyl (C=O) groups is 1. The van der Waals surface area contributed by atoms with Crippen molar-refractivity contribution in [3.63, 3.8) is 0 Å². The molecule has 0 aromatic heterocycles. The maximum atomic E-state index is 12.6. The Kier molecular flexibility index (Phi) is 6.76. The number of hydrogen-bond acceptors (Lipinski definition) is 7. The molecule has 0 aliphatic carbocycles. The van der Waals surface area contributed by atoms with Crippen LogP contribution in [0.2, 0.25) is 5.02 Å².